The lowest BCUT2D eigenvalue weighted by molar-refractivity contribution is 0.594. The van der Waals surface area contributed by atoms with Gasteiger partial charge in [0.2, 0.25) is 9.84 Å². The Hall–Kier alpha value is -1.69. The number of aromatic nitrogens is 1. The number of fused-ring (bicyclic) bond motifs is 1. The van der Waals surface area contributed by atoms with E-state index in [-0.39, 0.29) is 14.8 Å². The maximum atomic E-state index is 13.0. The van der Waals surface area contributed by atoms with Gasteiger partial charge in [-0.25, -0.2) is 12.8 Å². The van der Waals surface area contributed by atoms with E-state index in [0.717, 1.165) is 12.1 Å². The molecule has 1 heterocycles. The normalized spacial score (nSPS) is 11.8. The smallest absolute Gasteiger partial charge is 0.209 e. The Morgan fingerprint density at radius 1 is 1.00 bits per heavy atom. The van der Waals surface area contributed by atoms with Gasteiger partial charge >= 0.3 is 0 Å². The molecule has 0 fully saturated rings. The van der Waals surface area contributed by atoms with Crippen molar-refractivity contribution in [1.29, 1.82) is 0 Å². The van der Waals surface area contributed by atoms with Gasteiger partial charge in [-0.2, -0.15) is 0 Å². The van der Waals surface area contributed by atoms with Crippen molar-refractivity contribution in [3.63, 3.8) is 0 Å². The minimum absolute atomic E-state index is 0.0501. The summed E-state index contributed by atoms with van der Waals surface area (Å²) in [5, 5.41) is 1.02. The summed E-state index contributed by atoms with van der Waals surface area (Å²) in [6, 6.07) is 9.34. The number of hydrogen-bond donors (Lipinski definition) is 0. The lowest BCUT2D eigenvalue weighted by Gasteiger charge is -2.09. The third-order valence-corrected chi connectivity index (χ3v) is 5.68. The van der Waals surface area contributed by atoms with Gasteiger partial charge in [0.25, 0.3) is 0 Å². The van der Waals surface area contributed by atoms with Crippen molar-refractivity contribution in [2.24, 2.45) is 0 Å². The molecule has 22 heavy (non-hydrogen) atoms. The third kappa shape index (κ3) is 2.56. The molecule has 0 atom stereocenters. The molecule has 0 aliphatic heterocycles. The van der Waals surface area contributed by atoms with E-state index in [4.69, 9.17) is 23.2 Å². The van der Waals surface area contributed by atoms with Gasteiger partial charge in [0.15, 0.2) is 0 Å². The molecule has 3 nitrogen and oxygen atoms in total. The first kappa shape index (κ1) is 15.2. The summed E-state index contributed by atoms with van der Waals surface area (Å²) >= 11 is 12.1. The van der Waals surface area contributed by atoms with E-state index < -0.39 is 15.7 Å². The average molecular weight is 356 g/mol. The standard InChI is InChI=1S/C15H8Cl2FNO2S/c16-9-1-6-12-13(7-9)19-8-14(15(12)17)22(20,21)11-4-2-10(18)3-5-11/h1-8H. The molecule has 0 radical (unpaired) electrons. The Morgan fingerprint density at radius 3 is 2.36 bits per heavy atom. The van der Waals surface area contributed by atoms with Crippen LogP contribution in [0.15, 0.2) is 58.5 Å². The minimum atomic E-state index is -3.88. The number of halogens is 3. The molecule has 0 bridgehead atoms. The number of rotatable bonds is 2. The fourth-order valence-electron chi connectivity index (χ4n) is 2.04. The van der Waals surface area contributed by atoms with Crippen LogP contribution in [0.1, 0.15) is 0 Å². The van der Waals surface area contributed by atoms with Crippen LogP contribution in [0.5, 0.6) is 0 Å². The number of nitrogens with zero attached hydrogens (tertiary/aromatic N) is 1. The highest BCUT2D eigenvalue weighted by Crippen LogP contribution is 2.33. The van der Waals surface area contributed by atoms with Crippen LogP contribution in [0.4, 0.5) is 4.39 Å². The molecular formula is C15H8Cl2FNO2S. The van der Waals surface area contributed by atoms with Crippen LogP contribution in [0, 0.1) is 5.82 Å². The number of sulfone groups is 1. The summed E-state index contributed by atoms with van der Waals surface area (Å²) in [7, 11) is -3.88. The van der Waals surface area contributed by atoms with Crippen molar-refractivity contribution in [3.05, 3.63) is 64.5 Å². The molecule has 0 aliphatic rings. The highest BCUT2D eigenvalue weighted by Gasteiger charge is 2.23. The van der Waals surface area contributed by atoms with Crippen LogP contribution in [0.3, 0.4) is 0 Å². The minimum Gasteiger partial charge on any atom is -0.255 e. The van der Waals surface area contributed by atoms with Crippen LogP contribution in [0.2, 0.25) is 10.0 Å². The van der Waals surface area contributed by atoms with Gasteiger partial charge in [-0.15, -0.1) is 0 Å². The average Bonchev–Trinajstić information content (AvgIpc) is 2.47. The summed E-state index contributed by atoms with van der Waals surface area (Å²) in [5.41, 5.74) is 0.496. The van der Waals surface area contributed by atoms with Crippen molar-refractivity contribution in [1.82, 2.24) is 4.98 Å². The van der Waals surface area contributed by atoms with E-state index >= 15 is 0 Å². The van der Waals surface area contributed by atoms with Crippen LogP contribution in [0.25, 0.3) is 10.9 Å². The Labute approximate surface area is 136 Å². The highest BCUT2D eigenvalue weighted by atomic mass is 35.5. The van der Waals surface area contributed by atoms with Crippen molar-refractivity contribution >= 4 is 43.9 Å². The summed E-state index contributed by atoms with van der Waals surface area (Å²) in [4.78, 5) is 3.91. The monoisotopic (exact) mass is 355 g/mol. The Balaban J connectivity index is 2.23. The van der Waals surface area contributed by atoms with Crippen LogP contribution in [-0.2, 0) is 9.84 Å². The van der Waals surface area contributed by atoms with E-state index in [9.17, 15) is 12.8 Å². The summed E-state index contributed by atoms with van der Waals surface area (Å²) in [5.74, 6) is -0.517. The molecule has 3 rings (SSSR count). The molecule has 1 aromatic heterocycles. The largest absolute Gasteiger partial charge is 0.255 e. The van der Waals surface area contributed by atoms with Crippen LogP contribution < -0.4 is 0 Å². The Bertz CT molecular complexity index is 973. The maximum Gasteiger partial charge on any atom is 0.209 e. The lowest BCUT2D eigenvalue weighted by Crippen LogP contribution is -2.04. The first-order valence-electron chi connectivity index (χ1n) is 6.14. The topological polar surface area (TPSA) is 47.0 Å². The number of pyridine rings is 1. The molecule has 0 saturated carbocycles. The van der Waals surface area contributed by atoms with Crippen molar-refractivity contribution in [2.45, 2.75) is 9.79 Å². The fraction of sp³-hybridized carbons (Fsp3) is 0. The molecular weight excluding hydrogens is 348 g/mol. The van der Waals surface area contributed by atoms with Gasteiger partial charge in [0, 0.05) is 16.6 Å². The first-order chi connectivity index (χ1) is 10.4. The van der Waals surface area contributed by atoms with Crippen molar-refractivity contribution < 1.29 is 12.8 Å². The Kier molecular flexibility index (Phi) is 3.80. The molecule has 0 saturated heterocycles. The van der Waals surface area contributed by atoms with Crippen LogP contribution >= 0.6 is 23.2 Å². The van der Waals surface area contributed by atoms with Gasteiger partial charge in [-0.1, -0.05) is 23.2 Å². The molecule has 7 heteroatoms. The molecule has 0 aliphatic carbocycles. The van der Waals surface area contributed by atoms with Gasteiger partial charge in [-0.3, -0.25) is 4.98 Å². The zero-order valence-corrected chi connectivity index (χ0v) is 13.3. The second-order valence-corrected chi connectivity index (χ2v) is 7.29. The maximum absolute atomic E-state index is 13.0. The molecule has 0 spiro atoms. The quantitative estimate of drug-likeness (QED) is 0.635. The zero-order chi connectivity index (χ0) is 15.9. The number of benzene rings is 2. The summed E-state index contributed by atoms with van der Waals surface area (Å²) < 4.78 is 38.2. The lowest BCUT2D eigenvalue weighted by atomic mass is 10.2. The van der Waals surface area contributed by atoms with E-state index in [2.05, 4.69) is 4.98 Å². The molecule has 3 aromatic rings. The molecule has 112 valence electrons. The predicted molar refractivity (Wildman–Crippen MR) is 83.6 cm³/mol. The van der Waals surface area contributed by atoms with Gasteiger partial charge in [0.1, 0.15) is 10.7 Å². The predicted octanol–water partition coefficient (Wildman–Crippen LogP) is 4.51. The molecule has 0 N–H and O–H groups in total. The zero-order valence-electron chi connectivity index (χ0n) is 10.9. The molecule has 2 aromatic carbocycles. The van der Waals surface area contributed by atoms with E-state index in [1.807, 2.05) is 0 Å². The fourth-order valence-corrected chi connectivity index (χ4v) is 4.01. The second kappa shape index (κ2) is 5.50. The van der Waals surface area contributed by atoms with Crippen LogP contribution in [-0.4, -0.2) is 13.4 Å². The molecule has 0 amide bonds. The molecule has 0 unspecified atom stereocenters. The SMILES string of the molecule is O=S(=O)(c1ccc(F)cc1)c1cnc2cc(Cl)ccc2c1Cl. The van der Waals surface area contributed by atoms with Gasteiger partial charge in [-0.05, 0) is 42.5 Å². The van der Waals surface area contributed by atoms with Gasteiger partial charge in [0.05, 0.1) is 15.4 Å². The van der Waals surface area contributed by atoms with E-state index in [0.29, 0.717) is 15.9 Å². The summed E-state index contributed by atoms with van der Waals surface area (Å²) in [6.45, 7) is 0. The first-order valence-corrected chi connectivity index (χ1v) is 8.38. The van der Waals surface area contributed by atoms with Gasteiger partial charge < -0.3 is 0 Å². The highest BCUT2D eigenvalue weighted by molar-refractivity contribution is 7.91. The summed E-state index contributed by atoms with van der Waals surface area (Å²) in [6.07, 6.45) is 1.18. The van der Waals surface area contributed by atoms with Crippen molar-refractivity contribution in [2.75, 3.05) is 0 Å². The third-order valence-electron chi connectivity index (χ3n) is 3.15. The number of hydrogen-bond acceptors (Lipinski definition) is 3. The van der Waals surface area contributed by atoms with E-state index in [1.165, 1.54) is 18.3 Å². The second-order valence-electron chi connectivity index (χ2n) is 4.56. The van der Waals surface area contributed by atoms with Crippen molar-refractivity contribution in [3.8, 4) is 0 Å². The van der Waals surface area contributed by atoms with E-state index in [1.54, 1.807) is 18.2 Å². The Morgan fingerprint density at radius 2 is 1.68 bits per heavy atom.